The van der Waals surface area contributed by atoms with Crippen LogP contribution in [-0.2, 0) is 4.74 Å². The summed E-state index contributed by atoms with van der Waals surface area (Å²) in [6.07, 6.45) is -0.0358. The Balaban J connectivity index is 1.97. The van der Waals surface area contributed by atoms with Gasteiger partial charge in [-0.1, -0.05) is 12.1 Å². The molecule has 1 aliphatic rings. The lowest BCUT2D eigenvalue weighted by Gasteiger charge is -2.23. The van der Waals surface area contributed by atoms with Crippen LogP contribution in [0.5, 0.6) is 5.75 Å². The van der Waals surface area contributed by atoms with Crippen molar-refractivity contribution >= 4 is 17.9 Å². The first kappa shape index (κ1) is 14.1. The van der Waals surface area contributed by atoms with E-state index >= 15 is 0 Å². The Labute approximate surface area is 117 Å². The maximum atomic E-state index is 11.7. The van der Waals surface area contributed by atoms with E-state index in [1.807, 2.05) is 45.0 Å². The van der Waals surface area contributed by atoms with E-state index in [-0.39, 0.29) is 6.23 Å². The number of benzene rings is 1. The zero-order chi connectivity index (χ0) is 13.9. The topological polar surface area (TPSA) is 47.6 Å². The Morgan fingerprint density at radius 1 is 1.42 bits per heavy atom. The lowest BCUT2D eigenvalue weighted by Crippen LogP contribution is -2.42. The fraction of sp³-hybridized carbons (Fsp3) is 0.500. The molecule has 1 aromatic carbocycles. The fourth-order valence-electron chi connectivity index (χ4n) is 1.70. The van der Waals surface area contributed by atoms with Gasteiger partial charge in [-0.15, -0.1) is 11.8 Å². The van der Waals surface area contributed by atoms with E-state index in [9.17, 15) is 4.79 Å². The van der Waals surface area contributed by atoms with Crippen molar-refractivity contribution in [2.45, 2.75) is 43.9 Å². The van der Waals surface area contributed by atoms with Crippen LogP contribution in [0.1, 0.15) is 27.2 Å². The predicted octanol–water partition coefficient (Wildman–Crippen LogP) is 3.41. The van der Waals surface area contributed by atoms with Crippen molar-refractivity contribution in [3.8, 4) is 5.75 Å². The van der Waals surface area contributed by atoms with Gasteiger partial charge in [-0.25, -0.2) is 4.79 Å². The Morgan fingerprint density at radius 3 is 2.89 bits per heavy atom. The predicted molar refractivity (Wildman–Crippen MR) is 75.6 cm³/mol. The largest absolute Gasteiger partial charge is 0.469 e. The van der Waals surface area contributed by atoms with E-state index in [4.69, 9.17) is 9.47 Å². The molecule has 1 aromatic rings. The minimum atomic E-state index is -0.499. The second-order valence-electron chi connectivity index (χ2n) is 5.34. The van der Waals surface area contributed by atoms with Crippen LogP contribution in [0, 0.1) is 0 Å². The molecule has 0 aliphatic carbocycles. The molecule has 0 spiro atoms. The Hall–Kier alpha value is -1.36. The summed E-state index contributed by atoms with van der Waals surface area (Å²) in [4.78, 5) is 12.8. The Morgan fingerprint density at radius 2 is 2.16 bits per heavy atom. The van der Waals surface area contributed by atoms with Crippen molar-refractivity contribution in [1.82, 2.24) is 5.32 Å². The number of rotatable bonds is 1. The zero-order valence-electron chi connectivity index (χ0n) is 11.4. The zero-order valence-corrected chi connectivity index (χ0v) is 12.3. The molecule has 19 heavy (non-hydrogen) atoms. The number of thioether (sulfide) groups is 1. The summed E-state index contributed by atoms with van der Waals surface area (Å²) < 4.78 is 11.0. The number of fused-ring (bicyclic) bond motifs is 1. The van der Waals surface area contributed by atoms with Gasteiger partial charge < -0.3 is 9.47 Å². The highest BCUT2D eigenvalue weighted by Gasteiger charge is 2.22. The summed E-state index contributed by atoms with van der Waals surface area (Å²) in [5.41, 5.74) is -0.499. The van der Waals surface area contributed by atoms with Gasteiger partial charge in [0, 0.05) is 17.1 Å². The Kier molecular flexibility index (Phi) is 4.24. The smallest absolute Gasteiger partial charge is 0.410 e. The average Bonchev–Trinajstić information content (AvgIpc) is 2.47. The first-order valence-electron chi connectivity index (χ1n) is 6.32. The summed E-state index contributed by atoms with van der Waals surface area (Å²) >= 11 is 1.74. The molecule has 0 saturated carbocycles. The summed E-state index contributed by atoms with van der Waals surface area (Å²) in [5, 5.41) is 2.76. The molecule has 104 valence electrons. The monoisotopic (exact) mass is 281 g/mol. The number of carbonyl (C=O) groups excluding carboxylic acids is 1. The third kappa shape index (κ3) is 4.35. The van der Waals surface area contributed by atoms with Crippen LogP contribution in [0.4, 0.5) is 4.79 Å². The van der Waals surface area contributed by atoms with Crippen molar-refractivity contribution in [2.75, 3.05) is 5.75 Å². The molecule has 5 heteroatoms. The molecule has 1 N–H and O–H groups in total. The molecule has 1 aliphatic heterocycles. The lowest BCUT2D eigenvalue weighted by molar-refractivity contribution is 0.0390. The summed E-state index contributed by atoms with van der Waals surface area (Å²) in [6, 6.07) is 7.85. The molecule has 0 bridgehead atoms. The third-order valence-corrected chi connectivity index (χ3v) is 3.52. The molecule has 0 saturated heterocycles. The molecule has 0 aromatic heterocycles. The number of hydrogen-bond acceptors (Lipinski definition) is 4. The van der Waals surface area contributed by atoms with Crippen LogP contribution in [-0.4, -0.2) is 23.7 Å². The summed E-state index contributed by atoms with van der Waals surface area (Å²) in [5.74, 6) is 1.71. The number of para-hydroxylation sites is 1. The number of carbonyl (C=O) groups is 1. The summed E-state index contributed by atoms with van der Waals surface area (Å²) in [7, 11) is 0. The van der Waals surface area contributed by atoms with Crippen molar-refractivity contribution in [1.29, 1.82) is 0 Å². The van der Waals surface area contributed by atoms with Crippen LogP contribution in [0.25, 0.3) is 0 Å². The number of alkyl carbamates (subject to hydrolysis) is 1. The van der Waals surface area contributed by atoms with Gasteiger partial charge in [-0.3, -0.25) is 5.32 Å². The van der Waals surface area contributed by atoms with Crippen LogP contribution in [0.15, 0.2) is 29.2 Å². The highest BCUT2D eigenvalue weighted by molar-refractivity contribution is 7.99. The molecule has 1 amide bonds. The minimum absolute atomic E-state index is 0.342. The first-order chi connectivity index (χ1) is 8.94. The van der Waals surface area contributed by atoms with Gasteiger partial charge in [-0.05, 0) is 32.9 Å². The highest BCUT2D eigenvalue weighted by Crippen LogP contribution is 2.33. The number of amides is 1. The molecule has 2 rings (SSSR count). The van der Waals surface area contributed by atoms with Crippen molar-refractivity contribution in [3.63, 3.8) is 0 Å². The Bertz CT molecular complexity index is 456. The van der Waals surface area contributed by atoms with Crippen LogP contribution in [0.3, 0.4) is 0 Å². The molecule has 0 radical (unpaired) electrons. The molecular formula is C14H19NO3S. The SMILES string of the molecule is CC(C)(C)OC(=O)NC1CCSc2ccccc2O1. The van der Waals surface area contributed by atoms with E-state index in [2.05, 4.69) is 5.32 Å². The molecule has 1 heterocycles. The van der Waals surface area contributed by atoms with Crippen molar-refractivity contribution < 1.29 is 14.3 Å². The standard InChI is InChI=1S/C14H19NO3S/c1-14(2,3)18-13(16)15-12-8-9-19-11-7-5-4-6-10(11)17-12/h4-7,12H,8-9H2,1-3H3,(H,15,16). The molecule has 4 nitrogen and oxygen atoms in total. The maximum Gasteiger partial charge on any atom is 0.410 e. The average molecular weight is 281 g/mol. The van der Waals surface area contributed by atoms with Crippen molar-refractivity contribution in [3.05, 3.63) is 24.3 Å². The lowest BCUT2D eigenvalue weighted by atomic mass is 10.2. The maximum absolute atomic E-state index is 11.7. The van der Waals surface area contributed by atoms with E-state index in [1.165, 1.54) is 0 Å². The van der Waals surface area contributed by atoms with E-state index < -0.39 is 11.7 Å². The van der Waals surface area contributed by atoms with E-state index in [0.717, 1.165) is 22.8 Å². The van der Waals surface area contributed by atoms with E-state index in [0.29, 0.717) is 0 Å². The van der Waals surface area contributed by atoms with Gasteiger partial charge >= 0.3 is 6.09 Å². The van der Waals surface area contributed by atoms with Crippen LogP contribution >= 0.6 is 11.8 Å². The summed E-state index contributed by atoms with van der Waals surface area (Å²) in [6.45, 7) is 5.52. The van der Waals surface area contributed by atoms with Gasteiger partial charge in [0.2, 0.25) is 0 Å². The van der Waals surface area contributed by atoms with Gasteiger partial charge in [0.1, 0.15) is 11.4 Å². The number of ether oxygens (including phenoxy) is 2. The quantitative estimate of drug-likeness (QED) is 0.857. The third-order valence-electron chi connectivity index (χ3n) is 2.43. The number of hydrogen-bond donors (Lipinski definition) is 1. The van der Waals surface area contributed by atoms with Gasteiger partial charge in [-0.2, -0.15) is 0 Å². The molecule has 1 unspecified atom stereocenters. The second kappa shape index (κ2) is 5.74. The molecule has 0 fully saturated rings. The highest BCUT2D eigenvalue weighted by atomic mass is 32.2. The van der Waals surface area contributed by atoms with Gasteiger partial charge in [0.25, 0.3) is 0 Å². The van der Waals surface area contributed by atoms with E-state index in [1.54, 1.807) is 11.8 Å². The first-order valence-corrected chi connectivity index (χ1v) is 7.30. The van der Waals surface area contributed by atoms with Crippen LogP contribution < -0.4 is 10.1 Å². The normalized spacial score (nSPS) is 18.8. The number of nitrogens with one attached hydrogen (secondary N) is 1. The molecule has 1 atom stereocenters. The van der Waals surface area contributed by atoms with Crippen molar-refractivity contribution in [2.24, 2.45) is 0 Å². The van der Waals surface area contributed by atoms with Gasteiger partial charge in [0.05, 0.1) is 0 Å². The minimum Gasteiger partial charge on any atom is -0.469 e. The van der Waals surface area contributed by atoms with Crippen LogP contribution in [0.2, 0.25) is 0 Å². The molecular weight excluding hydrogens is 262 g/mol. The fourth-order valence-corrected chi connectivity index (χ4v) is 2.68. The van der Waals surface area contributed by atoms with Gasteiger partial charge in [0.15, 0.2) is 6.23 Å². The second-order valence-corrected chi connectivity index (χ2v) is 6.47.